The molecule has 186 valence electrons. The van der Waals surface area contributed by atoms with Gasteiger partial charge < -0.3 is 10.2 Å². The predicted octanol–water partition coefficient (Wildman–Crippen LogP) is 4.23. The SMILES string of the molecule is C[C@H](C(=O)NC(C)(C)C)N(Cc1ccc(F)cc1)C(=O)CN(c1cc(Cl)cc(Cl)c1)S(C)(=O)=O. The Hall–Kier alpha value is -2.36. The number of carbonyl (C=O) groups excluding carboxylic acids is 2. The van der Waals surface area contributed by atoms with Crippen LogP contribution in [0.25, 0.3) is 0 Å². The number of rotatable bonds is 8. The van der Waals surface area contributed by atoms with Gasteiger partial charge in [-0.3, -0.25) is 13.9 Å². The number of hydrogen-bond donors (Lipinski definition) is 1. The van der Waals surface area contributed by atoms with Crippen molar-refractivity contribution in [2.75, 3.05) is 17.1 Å². The van der Waals surface area contributed by atoms with Crippen molar-refractivity contribution in [1.82, 2.24) is 10.2 Å². The number of hydrogen-bond acceptors (Lipinski definition) is 4. The summed E-state index contributed by atoms with van der Waals surface area (Å²) >= 11 is 12.1. The van der Waals surface area contributed by atoms with Gasteiger partial charge in [-0.1, -0.05) is 35.3 Å². The van der Waals surface area contributed by atoms with E-state index in [1.54, 1.807) is 27.7 Å². The van der Waals surface area contributed by atoms with Gasteiger partial charge in [-0.25, -0.2) is 12.8 Å². The molecule has 7 nitrogen and oxygen atoms in total. The van der Waals surface area contributed by atoms with E-state index in [2.05, 4.69) is 5.32 Å². The zero-order valence-electron chi connectivity index (χ0n) is 19.6. The first-order valence-electron chi connectivity index (χ1n) is 10.4. The van der Waals surface area contributed by atoms with E-state index in [9.17, 15) is 22.4 Å². The molecule has 2 aromatic carbocycles. The molecule has 0 saturated carbocycles. The average Bonchev–Trinajstić information content (AvgIpc) is 2.68. The number of anilines is 1. The van der Waals surface area contributed by atoms with Crippen molar-refractivity contribution < 1.29 is 22.4 Å². The van der Waals surface area contributed by atoms with Crippen LogP contribution in [0.2, 0.25) is 10.0 Å². The summed E-state index contributed by atoms with van der Waals surface area (Å²) in [6, 6.07) is 8.73. The van der Waals surface area contributed by atoms with Gasteiger partial charge in [-0.2, -0.15) is 0 Å². The van der Waals surface area contributed by atoms with E-state index in [4.69, 9.17) is 23.2 Å². The van der Waals surface area contributed by atoms with Crippen molar-refractivity contribution in [2.24, 2.45) is 0 Å². The van der Waals surface area contributed by atoms with Gasteiger partial charge in [0.2, 0.25) is 21.8 Å². The highest BCUT2D eigenvalue weighted by Gasteiger charge is 2.31. The van der Waals surface area contributed by atoms with Crippen LogP contribution in [0.15, 0.2) is 42.5 Å². The second-order valence-corrected chi connectivity index (χ2v) is 11.7. The molecular weight excluding hydrogens is 504 g/mol. The Labute approximate surface area is 209 Å². The van der Waals surface area contributed by atoms with Crippen LogP contribution >= 0.6 is 23.2 Å². The largest absolute Gasteiger partial charge is 0.350 e. The van der Waals surface area contributed by atoms with Crippen molar-refractivity contribution >= 4 is 50.7 Å². The molecule has 0 unspecified atom stereocenters. The van der Waals surface area contributed by atoms with Crippen LogP contribution in [0.1, 0.15) is 33.3 Å². The van der Waals surface area contributed by atoms with Gasteiger partial charge in [-0.15, -0.1) is 0 Å². The van der Waals surface area contributed by atoms with Gasteiger partial charge in [-0.05, 0) is 63.6 Å². The maximum Gasteiger partial charge on any atom is 0.244 e. The van der Waals surface area contributed by atoms with Gasteiger partial charge in [0.1, 0.15) is 18.4 Å². The molecule has 0 aromatic heterocycles. The standard InChI is InChI=1S/C23H28Cl2FN3O4S/c1-15(22(31)27-23(2,3)4)28(13-16-6-8-19(26)9-7-16)21(30)14-29(34(5,32)33)20-11-17(24)10-18(25)12-20/h6-12,15H,13-14H2,1-5H3,(H,27,31)/t15-/m1/s1. The molecular formula is C23H28Cl2FN3O4S. The van der Waals surface area contributed by atoms with Gasteiger partial charge in [0.05, 0.1) is 11.9 Å². The molecule has 1 atom stereocenters. The summed E-state index contributed by atoms with van der Waals surface area (Å²) in [6.07, 6.45) is 0.954. The van der Waals surface area contributed by atoms with Gasteiger partial charge in [0, 0.05) is 22.1 Å². The molecule has 0 saturated heterocycles. The monoisotopic (exact) mass is 531 g/mol. The van der Waals surface area contributed by atoms with E-state index in [-0.39, 0.29) is 22.3 Å². The molecule has 2 aromatic rings. The maximum absolute atomic E-state index is 13.4. The number of amides is 2. The van der Waals surface area contributed by atoms with E-state index < -0.39 is 45.8 Å². The summed E-state index contributed by atoms with van der Waals surface area (Å²) in [6.45, 7) is 6.33. The number of benzene rings is 2. The minimum atomic E-state index is -3.91. The molecule has 1 N–H and O–H groups in total. The van der Waals surface area contributed by atoms with Crippen LogP contribution in [0.4, 0.5) is 10.1 Å². The molecule has 0 aliphatic carbocycles. The van der Waals surface area contributed by atoms with Crippen LogP contribution in [-0.4, -0.2) is 49.5 Å². The molecule has 0 radical (unpaired) electrons. The highest BCUT2D eigenvalue weighted by atomic mass is 35.5. The number of carbonyl (C=O) groups is 2. The first kappa shape index (κ1) is 27.9. The van der Waals surface area contributed by atoms with Crippen molar-refractivity contribution in [3.63, 3.8) is 0 Å². The fourth-order valence-corrected chi connectivity index (χ4v) is 4.49. The molecule has 11 heteroatoms. The Kier molecular flexibility index (Phi) is 8.96. The van der Waals surface area contributed by atoms with Crippen LogP contribution in [0.3, 0.4) is 0 Å². The Balaban J connectivity index is 2.43. The van der Waals surface area contributed by atoms with Gasteiger partial charge in [0.25, 0.3) is 0 Å². The minimum Gasteiger partial charge on any atom is -0.350 e. The van der Waals surface area contributed by atoms with Crippen LogP contribution < -0.4 is 9.62 Å². The fourth-order valence-electron chi connectivity index (χ4n) is 3.14. The zero-order chi connectivity index (χ0) is 25.8. The Morgan fingerprint density at radius 3 is 2.06 bits per heavy atom. The van der Waals surface area contributed by atoms with Crippen LogP contribution in [-0.2, 0) is 26.2 Å². The topological polar surface area (TPSA) is 86.8 Å². The highest BCUT2D eigenvalue weighted by Crippen LogP contribution is 2.27. The van der Waals surface area contributed by atoms with Crippen LogP contribution in [0, 0.1) is 5.82 Å². The van der Waals surface area contributed by atoms with Crippen LogP contribution in [0.5, 0.6) is 0 Å². The number of nitrogens with zero attached hydrogens (tertiary/aromatic N) is 2. The smallest absolute Gasteiger partial charge is 0.244 e. The molecule has 0 fully saturated rings. The van der Waals surface area contributed by atoms with Gasteiger partial charge in [0.15, 0.2) is 0 Å². The molecule has 0 aliphatic rings. The fraction of sp³-hybridized carbons (Fsp3) is 0.391. The van der Waals surface area contributed by atoms with E-state index in [0.717, 1.165) is 10.6 Å². The van der Waals surface area contributed by atoms with Crippen molar-refractivity contribution in [2.45, 2.75) is 45.8 Å². The average molecular weight is 532 g/mol. The lowest BCUT2D eigenvalue weighted by Gasteiger charge is -2.33. The lowest BCUT2D eigenvalue weighted by molar-refractivity contribution is -0.140. The number of halogens is 3. The third-order valence-electron chi connectivity index (χ3n) is 4.75. The van der Waals surface area contributed by atoms with Gasteiger partial charge >= 0.3 is 0 Å². The summed E-state index contributed by atoms with van der Waals surface area (Å²) < 4.78 is 39.3. The quantitative estimate of drug-likeness (QED) is 0.552. The first-order chi connectivity index (χ1) is 15.6. The molecule has 2 amide bonds. The van der Waals surface area contributed by atoms with E-state index in [0.29, 0.717) is 5.56 Å². The maximum atomic E-state index is 13.4. The Morgan fingerprint density at radius 2 is 1.59 bits per heavy atom. The second kappa shape index (κ2) is 10.9. The molecule has 0 heterocycles. The normalized spacial score (nSPS) is 12.7. The second-order valence-electron chi connectivity index (χ2n) is 8.96. The van der Waals surface area contributed by atoms with Crippen molar-refractivity contribution in [3.8, 4) is 0 Å². The molecule has 0 aliphatic heterocycles. The van der Waals surface area contributed by atoms with E-state index in [1.807, 2.05) is 0 Å². The number of nitrogens with one attached hydrogen (secondary N) is 1. The van der Waals surface area contributed by atoms with E-state index in [1.165, 1.54) is 47.4 Å². The third kappa shape index (κ3) is 8.14. The van der Waals surface area contributed by atoms with E-state index >= 15 is 0 Å². The Bertz CT molecular complexity index is 1130. The third-order valence-corrected chi connectivity index (χ3v) is 6.32. The molecule has 0 bridgehead atoms. The summed E-state index contributed by atoms with van der Waals surface area (Å²) in [7, 11) is -3.91. The van der Waals surface area contributed by atoms with Crippen molar-refractivity contribution in [3.05, 3.63) is 63.9 Å². The minimum absolute atomic E-state index is 0.0360. The molecule has 34 heavy (non-hydrogen) atoms. The predicted molar refractivity (Wildman–Crippen MR) is 133 cm³/mol. The summed E-state index contributed by atoms with van der Waals surface area (Å²) in [5.41, 5.74) is 0.135. The summed E-state index contributed by atoms with van der Waals surface area (Å²) in [5.74, 6) is -1.50. The summed E-state index contributed by atoms with van der Waals surface area (Å²) in [4.78, 5) is 27.5. The molecule has 2 rings (SSSR count). The highest BCUT2D eigenvalue weighted by molar-refractivity contribution is 7.92. The first-order valence-corrected chi connectivity index (χ1v) is 13.0. The molecule has 0 spiro atoms. The number of sulfonamides is 1. The lowest BCUT2D eigenvalue weighted by Crippen LogP contribution is -2.54. The summed E-state index contributed by atoms with van der Waals surface area (Å²) in [5, 5.41) is 3.22. The lowest BCUT2D eigenvalue weighted by atomic mass is 10.1. The Morgan fingerprint density at radius 1 is 1.06 bits per heavy atom. The van der Waals surface area contributed by atoms with Crippen molar-refractivity contribution in [1.29, 1.82) is 0 Å². The zero-order valence-corrected chi connectivity index (χ0v) is 21.9.